The molecule has 0 aliphatic rings. The molecule has 0 fully saturated rings. The number of carbonyl (C=O) groups excluding carboxylic acids is 2. The molecule has 142 valence electrons. The summed E-state index contributed by atoms with van der Waals surface area (Å²) in [4.78, 5) is 34.3. The molecular formula is C18H17NO8. The van der Waals surface area contributed by atoms with E-state index in [0.29, 0.717) is 11.1 Å². The molecular weight excluding hydrogens is 358 g/mol. The summed E-state index contributed by atoms with van der Waals surface area (Å²) >= 11 is 0. The van der Waals surface area contributed by atoms with Gasteiger partial charge in [-0.2, -0.15) is 0 Å². The Morgan fingerprint density at radius 1 is 0.963 bits per heavy atom. The van der Waals surface area contributed by atoms with Crippen molar-refractivity contribution in [2.24, 2.45) is 0 Å². The Labute approximate surface area is 154 Å². The maximum atomic E-state index is 12.3. The summed E-state index contributed by atoms with van der Waals surface area (Å²) in [5.74, 6) is -1.09. The molecule has 9 nitrogen and oxygen atoms in total. The first-order chi connectivity index (χ1) is 12.9. The third kappa shape index (κ3) is 4.51. The van der Waals surface area contributed by atoms with Crippen molar-refractivity contribution >= 4 is 17.6 Å². The van der Waals surface area contributed by atoms with Crippen molar-refractivity contribution in [1.29, 1.82) is 0 Å². The van der Waals surface area contributed by atoms with Crippen molar-refractivity contribution in [2.45, 2.75) is 6.61 Å². The lowest BCUT2D eigenvalue weighted by Gasteiger charge is -2.10. The number of esters is 2. The molecule has 0 aromatic heterocycles. The summed E-state index contributed by atoms with van der Waals surface area (Å²) in [5.41, 5.74) is 0.227. The molecule has 0 bridgehead atoms. The van der Waals surface area contributed by atoms with Crippen molar-refractivity contribution in [3.63, 3.8) is 0 Å². The Morgan fingerprint density at radius 3 is 2.07 bits per heavy atom. The Kier molecular flexibility index (Phi) is 6.32. The van der Waals surface area contributed by atoms with Crippen LogP contribution in [0.4, 0.5) is 5.69 Å². The quantitative estimate of drug-likeness (QED) is 0.412. The average molecular weight is 375 g/mol. The lowest BCUT2D eigenvalue weighted by Crippen LogP contribution is -2.09. The molecule has 2 rings (SSSR count). The van der Waals surface area contributed by atoms with Crippen LogP contribution in [-0.2, 0) is 16.1 Å². The van der Waals surface area contributed by atoms with E-state index in [0.717, 1.165) is 6.07 Å². The molecule has 0 spiro atoms. The molecule has 0 heterocycles. The number of nitro groups is 1. The zero-order chi connectivity index (χ0) is 20.0. The van der Waals surface area contributed by atoms with E-state index in [-0.39, 0.29) is 23.7 Å². The number of nitro benzene ring substituents is 1. The number of hydrogen-bond acceptors (Lipinski definition) is 8. The molecule has 2 aromatic rings. The first-order valence-electron chi connectivity index (χ1n) is 7.66. The van der Waals surface area contributed by atoms with Crippen LogP contribution < -0.4 is 9.47 Å². The van der Waals surface area contributed by atoms with Gasteiger partial charge in [-0.1, -0.05) is 12.1 Å². The molecule has 0 aliphatic heterocycles. The van der Waals surface area contributed by atoms with E-state index >= 15 is 0 Å². The van der Waals surface area contributed by atoms with Crippen molar-refractivity contribution in [3.8, 4) is 11.5 Å². The molecule has 0 saturated carbocycles. The Hall–Kier alpha value is -3.62. The molecule has 0 atom stereocenters. The predicted molar refractivity (Wildman–Crippen MR) is 93.1 cm³/mol. The minimum atomic E-state index is -0.889. The second-order valence-corrected chi connectivity index (χ2v) is 5.25. The van der Waals surface area contributed by atoms with Crippen LogP contribution >= 0.6 is 0 Å². The van der Waals surface area contributed by atoms with E-state index in [1.807, 2.05) is 0 Å². The van der Waals surface area contributed by atoms with Crippen molar-refractivity contribution < 1.29 is 33.5 Å². The topological polar surface area (TPSA) is 114 Å². The molecule has 0 saturated heterocycles. The first kappa shape index (κ1) is 19.7. The first-order valence-corrected chi connectivity index (χ1v) is 7.66. The monoisotopic (exact) mass is 375 g/mol. The minimum absolute atomic E-state index is 0.124. The van der Waals surface area contributed by atoms with Crippen molar-refractivity contribution in [3.05, 3.63) is 63.2 Å². The van der Waals surface area contributed by atoms with Gasteiger partial charge in [-0.15, -0.1) is 0 Å². The Morgan fingerprint density at radius 2 is 1.56 bits per heavy atom. The number of benzene rings is 2. The summed E-state index contributed by atoms with van der Waals surface area (Å²) < 4.78 is 19.8. The maximum Gasteiger partial charge on any atom is 0.345 e. The number of methoxy groups -OCH3 is 3. The van der Waals surface area contributed by atoms with E-state index < -0.39 is 22.5 Å². The second kappa shape index (κ2) is 8.65. The van der Waals surface area contributed by atoms with E-state index in [9.17, 15) is 19.7 Å². The normalized spacial score (nSPS) is 10.0. The van der Waals surface area contributed by atoms with Gasteiger partial charge in [0.2, 0.25) is 0 Å². The fraction of sp³-hybridized carbons (Fsp3) is 0.222. The lowest BCUT2D eigenvalue weighted by atomic mass is 10.1. The van der Waals surface area contributed by atoms with Gasteiger partial charge in [-0.25, -0.2) is 9.59 Å². The molecule has 0 aliphatic carbocycles. The highest BCUT2D eigenvalue weighted by Crippen LogP contribution is 2.34. The molecule has 2 aromatic carbocycles. The van der Waals surface area contributed by atoms with E-state index in [2.05, 4.69) is 4.74 Å². The van der Waals surface area contributed by atoms with Gasteiger partial charge in [0, 0.05) is 6.07 Å². The van der Waals surface area contributed by atoms with Crippen LogP contribution in [0.25, 0.3) is 0 Å². The Bertz CT molecular complexity index is 860. The van der Waals surface area contributed by atoms with Gasteiger partial charge in [0.25, 0.3) is 5.69 Å². The number of ether oxygens (including phenoxy) is 4. The van der Waals surface area contributed by atoms with Crippen molar-refractivity contribution in [1.82, 2.24) is 0 Å². The summed E-state index contributed by atoms with van der Waals surface area (Å²) in [6, 6.07) is 8.51. The number of rotatable bonds is 7. The third-order valence-electron chi connectivity index (χ3n) is 3.66. The highest BCUT2D eigenvalue weighted by molar-refractivity contribution is 5.95. The Balaban J connectivity index is 2.20. The minimum Gasteiger partial charge on any atom is -0.493 e. The third-order valence-corrected chi connectivity index (χ3v) is 3.66. The molecule has 0 N–H and O–H groups in total. The molecule has 9 heteroatoms. The standard InChI is InChI=1S/C18H17NO8/c1-24-15-8-13(14(19(22)23)9-16(15)25-2)18(21)27-10-11-4-6-12(7-5-11)17(20)26-3/h4-9H,10H2,1-3H3. The summed E-state index contributed by atoms with van der Waals surface area (Å²) in [6.07, 6.45) is 0. The van der Waals surface area contributed by atoms with Gasteiger partial charge in [0.1, 0.15) is 12.2 Å². The fourth-order valence-electron chi connectivity index (χ4n) is 2.26. The van der Waals surface area contributed by atoms with Crippen LogP contribution in [-0.4, -0.2) is 38.2 Å². The number of carbonyl (C=O) groups is 2. The molecule has 0 amide bonds. The number of nitrogens with zero attached hydrogens (tertiary/aromatic N) is 1. The zero-order valence-electron chi connectivity index (χ0n) is 14.9. The SMILES string of the molecule is COC(=O)c1ccc(COC(=O)c2cc(OC)c(OC)cc2[N+](=O)[O-])cc1. The fourth-order valence-corrected chi connectivity index (χ4v) is 2.26. The van der Waals surface area contributed by atoms with Crippen LogP contribution in [0.2, 0.25) is 0 Å². The van der Waals surface area contributed by atoms with Gasteiger partial charge in [0.05, 0.1) is 37.9 Å². The average Bonchev–Trinajstić information content (AvgIpc) is 2.70. The van der Waals surface area contributed by atoms with Crippen LogP contribution in [0.3, 0.4) is 0 Å². The van der Waals surface area contributed by atoms with Gasteiger partial charge < -0.3 is 18.9 Å². The highest BCUT2D eigenvalue weighted by atomic mass is 16.6. The van der Waals surface area contributed by atoms with Crippen LogP contribution in [0.1, 0.15) is 26.3 Å². The number of hydrogen-bond donors (Lipinski definition) is 0. The molecule has 0 unspecified atom stereocenters. The molecule has 27 heavy (non-hydrogen) atoms. The van der Waals surface area contributed by atoms with E-state index in [1.54, 1.807) is 12.1 Å². The predicted octanol–water partition coefficient (Wildman–Crippen LogP) is 2.76. The molecule has 0 radical (unpaired) electrons. The smallest absolute Gasteiger partial charge is 0.345 e. The summed E-state index contributed by atoms with van der Waals surface area (Å²) in [6.45, 7) is -0.133. The van der Waals surface area contributed by atoms with Crippen LogP contribution in [0, 0.1) is 10.1 Å². The van der Waals surface area contributed by atoms with Gasteiger partial charge in [-0.05, 0) is 17.7 Å². The van der Waals surface area contributed by atoms with Gasteiger partial charge in [0.15, 0.2) is 11.5 Å². The van der Waals surface area contributed by atoms with Gasteiger partial charge in [-0.3, -0.25) is 10.1 Å². The van der Waals surface area contributed by atoms with Gasteiger partial charge >= 0.3 is 11.9 Å². The highest BCUT2D eigenvalue weighted by Gasteiger charge is 2.25. The zero-order valence-corrected chi connectivity index (χ0v) is 14.9. The summed E-state index contributed by atoms with van der Waals surface area (Å²) in [7, 11) is 3.95. The summed E-state index contributed by atoms with van der Waals surface area (Å²) in [5, 5.41) is 11.3. The van der Waals surface area contributed by atoms with Crippen LogP contribution in [0.5, 0.6) is 11.5 Å². The van der Waals surface area contributed by atoms with Crippen molar-refractivity contribution in [2.75, 3.05) is 21.3 Å². The van der Waals surface area contributed by atoms with E-state index in [4.69, 9.17) is 14.2 Å². The van der Waals surface area contributed by atoms with Crippen LogP contribution in [0.15, 0.2) is 36.4 Å². The second-order valence-electron chi connectivity index (χ2n) is 5.25. The van der Waals surface area contributed by atoms with E-state index in [1.165, 1.54) is 39.5 Å². The largest absolute Gasteiger partial charge is 0.493 e. The lowest BCUT2D eigenvalue weighted by molar-refractivity contribution is -0.385. The maximum absolute atomic E-state index is 12.3.